The lowest BCUT2D eigenvalue weighted by atomic mass is 10.0. The van der Waals surface area contributed by atoms with Crippen LogP contribution in [0.2, 0.25) is 0 Å². The van der Waals surface area contributed by atoms with Crippen molar-refractivity contribution >= 4 is 17.7 Å². The van der Waals surface area contributed by atoms with Crippen LogP contribution in [0.4, 0.5) is 0 Å². The van der Waals surface area contributed by atoms with Crippen molar-refractivity contribution < 1.29 is 29.3 Å². The normalized spacial score (nSPS) is 33.5. The van der Waals surface area contributed by atoms with Crippen LogP contribution in [0.1, 0.15) is 38.5 Å². The second-order valence-corrected chi connectivity index (χ2v) is 9.75. The smallest absolute Gasteiger partial charge is 0.278 e. The molecule has 4 aliphatic rings. The summed E-state index contributed by atoms with van der Waals surface area (Å²) in [6.45, 7) is 6.15. The first-order valence-corrected chi connectivity index (χ1v) is 12.3. The number of hydrogen-bond donors (Lipinski definition) is 4. The van der Waals surface area contributed by atoms with E-state index in [1.54, 1.807) is 0 Å². The summed E-state index contributed by atoms with van der Waals surface area (Å²) in [6, 6.07) is 0.0421. The van der Waals surface area contributed by atoms with E-state index in [0.29, 0.717) is 25.6 Å². The topological polar surface area (TPSA) is 112 Å². The molecular weight excluding hydrogens is 412 g/mol. The Labute approximate surface area is 190 Å². The third-order valence-electron chi connectivity index (χ3n) is 7.69. The van der Waals surface area contributed by atoms with Gasteiger partial charge in [-0.2, -0.15) is 0 Å². The third kappa shape index (κ3) is 5.59. The number of ether oxygens (including phenoxy) is 1. The van der Waals surface area contributed by atoms with Gasteiger partial charge in [0, 0.05) is 59.0 Å². The standard InChI is InChI=1S/C22H38N6O4/c1-32-15-20(29)25-16-12-18-22(31)24-13-17(28(18)14-16)5-6-21(30)27-10-8-26(9-11-27)19-4-2-3-7-23-19/h16-19,23H,2-15H2,1H3,(H,24,31)(H,25,29)/p+2. The van der Waals surface area contributed by atoms with Crippen LogP contribution in [0, 0.1) is 0 Å². The van der Waals surface area contributed by atoms with Gasteiger partial charge in [-0.15, -0.1) is 0 Å². The number of amides is 3. The van der Waals surface area contributed by atoms with E-state index in [2.05, 4.69) is 20.9 Å². The molecule has 5 atom stereocenters. The Morgan fingerprint density at radius 1 is 1.25 bits per heavy atom. The molecule has 0 saturated carbocycles. The number of piperazine rings is 2. The third-order valence-corrected chi connectivity index (χ3v) is 7.69. The number of fused-ring (bicyclic) bond motifs is 1. The van der Waals surface area contributed by atoms with E-state index in [-0.39, 0.29) is 42.5 Å². The minimum Gasteiger partial charge on any atom is -0.375 e. The molecule has 4 aliphatic heterocycles. The summed E-state index contributed by atoms with van der Waals surface area (Å²) in [5, 5.41) is 8.45. The van der Waals surface area contributed by atoms with Gasteiger partial charge in [0.15, 0.2) is 6.04 Å². The Bertz CT molecular complexity index is 677. The molecule has 4 rings (SSSR count). The highest BCUT2D eigenvalue weighted by Gasteiger charge is 2.47. The van der Waals surface area contributed by atoms with Crippen LogP contribution in [0.25, 0.3) is 0 Å². The zero-order valence-electron chi connectivity index (χ0n) is 19.3. The molecule has 5 N–H and O–H groups in total. The molecule has 4 heterocycles. The average molecular weight is 453 g/mol. The van der Waals surface area contributed by atoms with Gasteiger partial charge in [0.2, 0.25) is 11.8 Å². The molecule has 0 aromatic rings. The van der Waals surface area contributed by atoms with Gasteiger partial charge < -0.3 is 30.5 Å². The number of piperidine rings is 1. The fourth-order valence-corrected chi connectivity index (χ4v) is 5.96. The van der Waals surface area contributed by atoms with Crippen molar-refractivity contribution in [2.75, 3.05) is 59.5 Å². The quantitative estimate of drug-likeness (QED) is 0.317. The molecule has 0 radical (unpaired) electrons. The predicted molar refractivity (Wildman–Crippen MR) is 117 cm³/mol. The highest BCUT2D eigenvalue weighted by atomic mass is 16.5. The maximum absolute atomic E-state index is 12.9. The first kappa shape index (κ1) is 23.4. The Kier molecular flexibility index (Phi) is 7.98. The number of nitrogens with zero attached hydrogens (tertiary/aromatic N) is 2. The average Bonchev–Trinajstić information content (AvgIpc) is 3.24. The van der Waals surface area contributed by atoms with Crippen molar-refractivity contribution in [1.82, 2.24) is 20.4 Å². The second kappa shape index (κ2) is 10.9. The van der Waals surface area contributed by atoms with Crippen molar-refractivity contribution in [1.29, 1.82) is 0 Å². The van der Waals surface area contributed by atoms with E-state index in [0.717, 1.165) is 39.1 Å². The minimum absolute atomic E-state index is 0.0237. The van der Waals surface area contributed by atoms with Crippen molar-refractivity contribution in [3.63, 3.8) is 0 Å². The molecule has 0 bridgehead atoms. The lowest BCUT2D eigenvalue weighted by Gasteiger charge is -2.39. The summed E-state index contributed by atoms with van der Waals surface area (Å²) < 4.78 is 4.89. The molecule has 5 unspecified atom stereocenters. The van der Waals surface area contributed by atoms with E-state index in [1.165, 1.54) is 37.8 Å². The number of nitrogens with two attached hydrogens (primary N) is 1. The molecule has 10 heteroatoms. The largest absolute Gasteiger partial charge is 0.375 e. The number of nitrogens with one attached hydrogen (secondary N) is 3. The van der Waals surface area contributed by atoms with E-state index in [1.807, 2.05) is 4.90 Å². The fourth-order valence-electron chi connectivity index (χ4n) is 5.96. The van der Waals surface area contributed by atoms with Gasteiger partial charge in [-0.25, -0.2) is 0 Å². The number of quaternary nitrogens is 2. The minimum atomic E-state index is -0.146. The Hall–Kier alpha value is -1.75. The molecule has 4 fully saturated rings. The Morgan fingerprint density at radius 2 is 2.06 bits per heavy atom. The molecule has 0 aliphatic carbocycles. The molecule has 180 valence electrons. The zero-order valence-corrected chi connectivity index (χ0v) is 19.3. The molecule has 32 heavy (non-hydrogen) atoms. The highest BCUT2D eigenvalue weighted by Crippen LogP contribution is 2.13. The first-order valence-electron chi connectivity index (χ1n) is 12.3. The van der Waals surface area contributed by atoms with Gasteiger partial charge in [-0.05, 0) is 12.8 Å². The van der Waals surface area contributed by atoms with Gasteiger partial charge in [0.05, 0.1) is 25.7 Å². The van der Waals surface area contributed by atoms with Crippen molar-refractivity contribution in [2.24, 2.45) is 0 Å². The number of carbonyl (C=O) groups is 3. The first-order chi connectivity index (χ1) is 15.5. The van der Waals surface area contributed by atoms with E-state index >= 15 is 0 Å². The summed E-state index contributed by atoms with van der Waals surface area (Å²) in [6.07, 6.45) is 6.41. The maximum atomic E-state index is 12.9. The van der Waals surface area contributed by atoms with Gasteiger partial charge in [0.25, 0.3) is 5.91 Å². The molecule has 10 nitrogen and oxygen atoms in total. The SMILES string of the molecule is COCC(=O)NC1CC2C(=O)NCC(CCC(=O)N3CCN(C4CCCC[NH2+]4)CC3)[NH+]2C1. The fraction of sp³-hybridized carbons (Fsp3) is 0.864. The van der Waals surface area contributed by atoms with Crippen LogP contribution in [0.15, 0.2) is 0 Å². The zero-order chi connectivity index (χ0) is 22.5. The molecule has 0 spiro atoms. The van der Waals surface area contributed by atoms with Crippen molar-refractivity contribution in [3.05, 3.63) is 0 Å². The van der Waals surface area contributed by atoms with Gasteiger partial charge in [-0.3, -0.25) is 19.3 Å². The molecular formula is C22H40N6O4+2. The maximum Gasteiger partial charge on any atom is 0.278 e. The molecule has 0 aromatic heterocycles. The lowest BCUT2D eigenvalue weighted by molar-refractivity contribution is -0.930. The van der Waals surface area contributed by atoms with Crippen LogP contribution >= 0.6 is 0 Å². The summed E-state index contributed by atoms with van der Waals surface area (Å²) in [7, 11) is 1.50. The summed E-state index contributed by atoms with van der Waals surface area (Å²) in [4.78, 5) is 42.9. The Balaban J connectivity index is 1.23. The van der Waals surface area contributed by atoms with E-state index in [9.17, 15) is 14.4 Å². The van der Waals surface area contributed by atoms with Gasteiger partial charge >= 0.3 is 0 Å². The number of methoxy groups -OCH3 is 1. The predicted octanol–water partition coefficient (Wildman–Crippen LogP) is -3.73. The second-order valence-electron chi connectivity index (χ2n) is 9.75. The van der Waals surface area contributed by atoms with Crippen molar-refractivity contribution in [3.8, 4) is 0 Å². The number of carbonyl (C=O) groups excluding carboxylic acids is 3. The number of hydrogen-bond acceptors (Lipinski definition) is 5. The molecule has 3 amide bonds. The van der Waals surface area contributed by atoms with Crippen molar-refractivity contribution in [2.45, 2.75) is 62.8 Å². The van der Waals surface area contributed by atoms with E-state index < -0.39 is 0 Å². The van der Waals surface area contributed by atoms with Crippen LogP contribution in [0.5, 0.6) is 0 Å². The van der Waals surface area contributed by atoms with Gasteiger partial charge in [-0.1, -0.05) is 0 Å². The van der Waals surface area contributed by atoms with Crippen LogP contribution in [-0.4, -0.2) is 111 Å². The number of rotatable bonds is 7. The Morgan fingerprint density at radius 3 is 2.78 bits per heavy atom. The molecule has 0 aromatic carbocycles. The highest BCUT2D eigenvalue weighted by molar-refractivity contribution is 5.82. The van der Waals surface area contributed by atoms with Crippen LogP contribution < -0.4 is 20.9 Å². The van der Waals surface area contributed by atoms with E-state index in [4.69, 9.17) is 4.74 Å². The van der Waals surface area contributed by atoms with Crippen LogP contribution in [-0.2, 0) is 19.1 Å². The van der Waals surface area contributed by atoms with Crippen LogP contribution in [0.3, 0.4) is 0 Å². The summed E-state index contributed by atoms with van der Waals surface area (Å²) in [5.74, 6) is 0.143. The lowest BCUT2D eigenvalue weighted by Crippen LogP contribution is -3.21. The van der Waals surface area contributed by atoms with Gasteiger partial charge in [0.1, 0.15) is 18.8 Å². The monoisotopic (exact) mass is 452 g/mol. The molecule has 4 saturated heterocycles. The summed E-state index contributed by atoms with van der Waals surface area (Å²) >= 11 is 0. The summed E-state index contributed by atoms with van der Waals surface area (Å²) in [5.41, 5.74) is 0.